The molecule has 0 aliphatic carbocycles. The van der Waals surface area contributed by atoms with Gasteiger partial charge in [0.25, 0.3) is 0 Å². The van der Waals surface area contributed by atoms with Crippen LogP contribution >= 0.6 is 0 Å². The van der Waals surface area contributed by atoms with E-state index in [0.29, 0.717) is 0 Å². The van der Waals surface area contributed by atoms with Crippen LogP contribution in [0.4, 0.5) is 0 Å². The summed E-state index contributed by atoms with van der Waals surface area (Å²) in [6.45, 7) is 6.58. The molecule has 23 heavy (non-hydrogen) atoms. The molecule has 2 aromatic rings. The molecule has 0 saturated heterocycles. The van der Waals surface area contributed by atoms with Crippen molar-refractivity contribution in [1.82, 2.24) is 19.8 Å². The molecule has 1 heterocycles. The van der Waals surface area contributed by atoms with Gasteiger partial charge in [-0.25, -0.2) is 4.98 Å². The van der Waals surface area contributed by atoms with Gasteiger partial charge < -0.3 is 14.8 Å². The van der Waals surface area contributed by atoms with Crippen molar-refractivity contribution in [2.75, 3.05) is 27.2 Å². The Morgan fingerprint density at radius 3 is 3.00 bits per heavy atom. The van der Waals surface area contributed by atoms with Crippen LogP contribution in [-0.2, 0) is 6.54 Å². The Hall–Kier alpha value is -2.30. The SMILES string of the molecule is C=CCCCN(C)C(=NC)NCCCn1cnc2ccccc21. The highest BCUT2D eigenvalue weighted by atomic mass is 15.3. The van der Waals surface area contributed by atoms with Gasteiger partial charge in [0, 0.05) is 33.7 Å². The van der Waals surface area contributed by atoms with E-state index in [0.717, 1.165) is 50.4 Å². The lowest BCUT2D eigenvalue weighted by molar-refractivity contribution is 0.467. The number of para-hydroxylation sites is 2. The molecule has 5 nitrogen and oxygen atoms in total. The predicted molar refractivity (Wildman–Crippen MR) is 97.8 cm³/mol. The number of aromatic nitrogens is 2. The van der Waals surface area contributed by atoms with E-state index in [9.17, 15) is 0 Å². The number of guanidine groups is 1. The Balaban J connectivity index is 1.76. The first-order valence-electron chi connectivity index (χ1n) is 8.19. The molecule has 0 fully saturated rings. The minimum Gasteiger partial charge on any atom is -0.356 e. The fourth-order valence-electron chi connectivity index (χ4n) is 2.60. The molecule has 0 amide bonds. The van der Waals surface area contributed by atoms with Gasteiger partial charge in [-0.05, 0) is 31.4 Å². The highest BCUT2D eigenvalue weighted by Gasteiger charge is 2.05. The quantitative estimate of drug-likeness (QED) is 0.353. The number of imidazole rings is 1. The number of aryl methyl sites for hydroxylation is 1. The van der Waals surface area contributed by atoms with Crippen molar-refractivity contribution < 1.29 is 0 Å². The molecule has 2 rings (SSSR count). The first kappa shape index (κ1) is 17.1. The summed E-state index contributed by atoms with van der Waals surface area (Å²) in [6.07, 6.45) is 7.04. The fourth-order valence-corrected chi connectivity index (χ4v) is 2.60. The third-order valence-corrected chi connectivity index (χ3v) is 3.86. The molecule has 1 N–H and O–H groups in total. The van der Waals surface area contributed by atoms with E-state index >= 15 is 0 Å². The number of aliphatic imine (C=N–C) groups is 1. The molecule has 0 spiro atoms. The summed E-state index contributed by atoms with van der Waals surface area (Å²) < 4.78 is 2.20. The van der Waals surface area contributed by atoms with Crippen LogP contribution in [0.5, 0.6) is 0 Å². The van der Waals surface area contributed by atoms with Gasteiger partial charge in [-0.2, -0.15) is 0 Å². The van der Waals surface area contributed by atoms with Gasteiger partial charge >= 0.3 is 0 Å². The molecule has 0 atom stereocenters. The first-order chi connectivity index (χ1) is 11.3. The molecule has 0 radical (unpaired) electrons. The highest BCUT2D eigenvalue weighted by Crippen LogP contribution is 2.11. The smallest absolute Gasteiger partial charge is 0.193 e. The summed E-state index contributed by atoms with van der Waals surface area (Å²) in [5, 5.41) is 3.42. The van der Waals surface area contributed by atoms with E-state index in [-0.39, 0.29) is 0 Å². The maximum Gasteiger partial charge on any atom is 0.193 e. The Kier molecular flexibility index (Phi) is 6.66. The number of unbranched alkanes of at least 4 members (excludes halogenated alkanes) is 1. The molecule has 1 aromatic heterocycles. The van der Waals surface area contributed by atoms with Gasteiger partial charge in [0.2, 0.25) is 0 Å². The topological polar surface area (TPSA) is 45.5 Å². The first-order valence-corrected chi connectivity index (χ1v) is 8.19. The molecule has 0 aliphatic rings. The van der Waals surface area contributed by atoms with E-state index in [2.05, 4.69) is 50.5 Å². The number of nitrogens with zero attached hydrogens (tertiary/aromatic N) is 4. The Labute approximate surface area is 138 Å². The average Bonchev–Trinajstić information content (AvgIpc) is 2.98. The van der Waals surface area contributed by atoms with Crippen LogP contribution in [0.15, 0.2) is 48.2 Å². The summed E-state index contributed by atoms with van der Waals surface area (Å²) in [4.78, 5) is 10.9. The molecular weight excluding hydrogens is 286 g/mol. The number of hydrogen-bond donors (Lipinski definition) is 1. The van der Waals surface area contributed by atoms with Crippen molar-refractivity contribution in [1.29, 1.82) is 0 Å². The van der Waals surface area contributed by atoms with Crippen LogP contribution in [0.25, 0.3) is 11.0 Å². The van der Waals surface area contributed by atoms with Gasteiger partial charge in [-0.15, -0.1) is 6.58 Å². The van der Waals surface area contributed by atoms with Crippen molar-refractivity contribution in [3.05, 3.63) is 43.2 Å². The van der Waals surface area contributed by atoms with E-state index in [4.69, 9.17) is 0 Å². The lowest BCUT2D eigenvalue weighted by Crippen LogP contribution is -2.39. The number of allylic oxidation sites excluding steroid dienone is 1. The fraction of sp³-hybridized carbons (Fsp3) is 0.444. The van der Waals surface area contributed by atoms with Gasteiger partial charge in [0.05, 0.1) is 17.4 Å². The second-order valence-corrected chi connectivity index (χ2v) is 5.61. The number of fused-ring (bicyclic) bond motifs is 1. The number of benzene rings is 1. The van der Waals surface area contributed by atoms with Crippen LogP contribution in [0.3, 0.4) is 0 Å². The lowest BCUT2D eigenvalue weighted by atomic mass is 10.3. The van der Waals surface area contributed by atoms with Gasteiger partial charge in [0.1, 0.15) is 0 Å². The molecule has 0 aliphatic heterocycles. The summed E-state index contributed by atoms with van der Waals surface area (Å²) >= 11 is 0. The highest BCUT2D eigenvalue weighted by molar-refractivity contribution is 5.79. The lowest BCUT2D eigenvalue weighted by Gasteiger charge is -2.21. The van der Waals surface area contributed by atoms with E-state index in [1.807, 2.05) is 31.6 Å². The van der Waals surface area contributed by atoms with Crippen LogP contribution in [-0.4, -0.2) is 47.6 Å². The van der Waals surface area contributed by atoms with Crippen molar-refractivity contribution in [3.63, 3.8) is 0 Å². The van der Waals surface area contributed by atoms with Crippen molar-refractivity contribution >= 4 is 17.0 Å². The third-order valence-electron chi connectivity index (χ3n) is 3.86. The Morgan fingerprint density at radius 2 is 2.22 bits per heavy atom. The van der Waals surface area contributed by atoms with Gasteiger partial charge in [-0.3, -0.25) is 4.99 Å². The average molecular weight is 313 g/mol. The molecule has 1 aromatic carbocycles. The monoisotopic (exact) mass is 313 g/mol. The summed E-state index contributed by atoms with van der Waals surface area (Å²) in [7, 11) is 3.90. The largest absolute Gasteiger partial charge is 0.356 e. The zero-order chi connectivity index (χ0) is 16.5. The van der Waals surface area contributed by atoms with E-state index < -0.39 is 0 Å². The Morgan fingerprint density at radius 1 is 1.39 bits per heavy atom. The van der Waals surface area contributed by atoms with Crippen molar-refractivity contribution in [2.24, 2.45) is 4.99 Å². The van der Waals surface area contributed by atoms with E-state index in [1.165, 1.54) is 5.52 Å². The third kappa shape index (κ3) is 4.84. The summed E-state index contributed by atoms with van der Waals surface area (Å²) in [6, 6.07) is 8.23. The minimum absolute atomic E-state index is 0.894. The van der Waals surface area contributed by atoms with Crippen molar-refractivity contribution in [2.45, 2.75) is 25.8 Å². The molecule has 0 saturated carbocycles. The minimum atomic E-state index is 0.894. The zero-order valence-electron chi connectivity index (χ0n) is 14.2. The molecule has 0 bridgehead atoms. The summed E-state index contributed by atoms with van der Waals surface area (Å²) in [5.41, 5.74) is 2.25. The zero-order valence-corrected chi connectivity index (χ0v) is 14.2. The molecular formula is C18H27N5. The van der Waals surface area contributed by atoms with Crippen LogP contribution in [0, 0.1) is 0 Å². The van der Waals surface area contributed by atoms with Crippen LogP contribution in [0.2, 0.25) is 0 Å². The van der Waals surface area contributed by atoms with Crippen LogP contribution < -0.4 is 5.32 Å². The molecule has 0 unspecified atom stereocenters. The summed E-state index contributed by atoms with van der Waals surface area (Å²) in [5.74, 6) is 0.949. The maximum atomic E-state index is 4.42. The standard InChI is InChI=1S/C18H27N5/c1-4-5-8-13-22(3)18(19-2)20-12-9-14-23-15-21-16-10-6-7-11-17(16)23/h4,6-7,10-11,15H,1,5,8-9,12-14H2,2-3H3,(H,19,20). The van der Waals surface area contributed by atoms with Crippen molar-refractivity contribution in [3.8, 4) is 0 Å². The second kappa shape index (κ2) is 8.98. The van der Waals surface area contributed by atoms with Gasteiger partial charge in [-0.1, -0.05) is 18.2 Å². The maximum absolute atomic E-state index is 4.42. The second-order valence-electron chi connectivity index (χ2n) is 5.61. The number of rotatable bonds is 8. The van der Waals surface area contributed by atoms with Crippen LogP contribution in [0.1, 0.15) is 19.3 Å². The van der Waals surface area contributed by atoms with E-state index in [1.54, 1.807) is 0 Å². The normalized spacial score (nSPS) is 11.7. The predicted octanol–water partition coefficient (Wildman–Crippen LogP) is 2.90. The Bertz CT molecular complexity index is 644. The molecule has 5 heteroatoms. The molecule has 124 valence electrons. The van der Waals surface area contributed by atoms with Gasteiger partial charge in [0.15, 0.2) is 5.96 Å². The number of hydrogen-bond acceptors (Lipinski definition) is 2. The number of nitrogens with one attached hydrogen (secondary N) is 1.